The first-order chi connectivity index (χ1) is 20.4. The average Bonchev–Trinajstić information content (AvgIpc) is 3.64. The van der Waals surface area contributed by atoms with Crippen molar-refractivity contribution in [2.45, 2.75) is 57.4 Å². The number of rotatable bonds is 8. The number of nitrogens with zero attached hydrogens (tertiary/aromatic N) is 5. The van der Waals surface area contributed by atoms with Crippen LogP contribution in [0.25, 0.3) is 15.2 Å². The van der Waals surface area contributed by atoms with Gasteiger partial charge in [0.05, 0.1) is 37.5 Å². The molecule has 0 unspecified atom stereocenters. The SMILES string of the molecule is COc1ccc(F)cc1[C@H](Cn1c(=O)n([C@@H]2CCCNC2=O)c(=O)c2c(C)c(-n3nccn3)sc21)OC1CCOCC1. The van der Waals surface area contributed by atoms with Crippen molar-refractivity contribution in [3.63, 3.8) is 0 Å². The van der Waals surface area contributed by atoms with Gasteiger partial charge in [0.1, 0.15) is 33.5 Å². The molecule has 42 heavy (non-hydrogen) atoms. The van der Waals surface area contributed by atoms with Crippen LogP contribution < -0.4 is 21.3 Å². The molecule has 3 aromatic heterocycles. The number of carbonyl (C=O) groups is 1. The number of ether oxygens (including phenoxy) is 3. The van der Waals surface area contributed by atoms with Crippen LogP contribution in [0, 0.1) is 12.7 Å². The number of piperidine rings is 1. The molecule has 1 aromatic carbocycles. The predicted octanol–water partition coefficient (Wildman–Crippen LogP) is 2.65. The Morgan fingerprint density at radius 1 is 1.17 bits per heavy atom. The van der Waals surface area contributed by atoms with Crippen molar-refractivity contribution >= 4 is 27.5 Å². The van der Waals surface area contributed by atoms with Gasteiger partial charge in [0, 0.05) is 30.9 Å². The van der Waals surface area contributed by atoms with Crippen LogP contribution in [0.5, 0.6) is 5.75 Å². The molecule has 1 amide bonds. The molecular formula is C28H31FN6O6S. The average molecular weight is 599 g/mol. The lowest BCUT2D eigenvalue weighted by molar-refractivity contribution is -0.126. The lowest BCUT2D eigenvalue weighted by Gasteiger charge is -2.30. The van der Waals surface area contributed by atoms with Crippen LogP contribution in [0.2, 0.25) is 0 Å². The minimum Gasteiger partial charge on any atom is -0.496 e. The monoisotopic (exact) mass is 598 g/mol. The summed E-state index contributed by atoms with van der Waals surface area (Å²) in [5.74, 6) is -0.455. The largest absolute Gasteiger partial charge is 0.496 e. The number of nitrogens with one attached hydrogen (secondary N) is 1. The van der Waals surface area contributed by atoms with Gasteiger partial charge in [0.15, 0.2) is 0 Å². The van der Waals surface area contributed by atoms with Crippen LogP contribution >= 0.6 is 11.3 Å². The second-order valence-electron chi connectivity index (χ2n) is 10.4. The highest BCUT2D eigenvalue weighted by atomic mass is 32.1. The summed E-state index contributed by atoms with van der Waals surface area (Å²) in [6, 6.07) is 3.20. The maximum atomic E-state index is 14.6. The van der Waals surface area contributed by atoms with Crippen molar-refractivity contribution in [1.82, 2.24) is 29.4 Å². The van der Waals surface area contributed by atoms with Crippen molar-refractivity contribution < 1.29 is 23.4 Å². The first-order valence-corrected chi connectivity index (χ1v) is 14.7. The van der Waals surface area contributed by atoms with Crippen molar-refractivity contribution in [3.05, 3.63) is 68.4 Å². The molecule has 0 spiro atoms. The molecule has 12 nitrogen and oxygen atoms in total. The van der Waals surface area contributed by atoms with Gasteiger partial charge >= 0.3 is 5.69 Å². The summed E-state index contributed by atoms with van der Waals surface area (Å²) in [6.07, 6.45) is 4.27. The van der Waals surface area contributed by atoms with Crippen molar-refractivity contribution in [3.8, 4) is 10.8 Å². The van der Waals surface area contributed by atoms with Gasteiger partial charge in [-0.25, -0.2) is 13.8 Å². The van der Waals surface area contributed by atoms with E-state index >= 15 is 0 Å². The van der Waals surface area contributed by atoms with Gasteiger partial charge in [-0.1, -0.05) is 11.3 Å². The highest BCUT2D eigenvalue weighted by molar-refractivity contribution is 7.21. The number of hydrogen-bond donors (Lipinski definition) is 1. The van der Waals surface area contributed by atoms with E-state index in [1.54, 1.807) is 6.92 Å². The van der Waals surface area contributed by atoms with E-state index in [2.05, 4.69) is 15.5 Å². The fourth-order valence-electron chi connectivity index (χ4n) is 5.68. The lowest BCUT2D eigenvalue weighted by atomic mass is 10.1. The zero-order valence-electron chi connectivity index (χ0n) is 23.2. The number of methoxy groups -OCH3 is 1. The van der Waals surface area contributed by atoms with Crippen LogP contribution in [0.1, 0.15) is 49.0 Å². The zero-order chi connectivity index (χ0) is 29.4. The molecule has 2 aliphatic heterocycles. The van der Waals surface area contributed by atoms with Gasteiger partial charge in [-0.2, -0.15) is 10.2 Å². The van der Waals surface area contributed by atoms with Crippen LogP contribution in [-0.2, 0) is 20.8 Å². The summed E-state index contributed by atoms with van der Waals surface area (Å²) in [7, 11) is 1.49. The van der Waals surface area contributed by atoms with E-state index in [-0.39, 0.29) is 18.6 Å². The molecule has 0 aliphatic carbocycles. The molecule has 2 saturated heterocycles. The van der Waals surface area contributed by atoms with Gasteiger partial charge in [-0.3, -0.25) is 14.2 Å². The highest BCUT2D eigenvalue weighted by Gasteiger charge is 2.32. The Morgan fingerprint density at radius 3 is 2.64 bits per heavy atom. The third kappa shape index (κ3) is 5.14. The predicted molar refractivity (Wildman–Crippen MR) is 152 cm³/mol. The summed E-state index contributed by atoms with van der Waals surface area (Å²) in [6.45, 7) is 3.23. The Labute approximate surface area is 243 Å². The van der Waals surface area contributed by atoms with Crippen molar-refractivity contribution in [2.75, 3.05) is 26.9 Å². The molecular weight excluding hydrogens is 567 g/mol. The minimum absolute atomic E-state index is 0.0624. The maximum Gasteiger partial charge on any atom is 0.332 e. The molecule has 4 aromatic rings. The van der Waals surface area contributed by atoms with E-state index in [1.165, 1.54) is 58.4 Å². The molecule has 0 bridgehead atoms. The second kappa shape index (κ2) is 11.8. The third-order valence-electron chi connectivity index (χ3n) is 7.80. The molecule has 0 saturated carbocycles. The van der Waals surface area contributed by atoms with Crippen molar-refractivity contribution in [1.29, 1.82) is 0 Å². The fourth-order valence-corrected chi connectivity index (χ4v) is 6.90. The number of fused-ring (bicyclic) bond motifs is 1. The van der Waals surface area contributed by atoms with Gasteiger partial charge in [-0.15, -0.1) is 4.80 Å². The third-order valence-corrected chi connectivity index (χ3v) is 9.08. The summed E-state index contributed by atoms with van der Waals surface area (Å²) in [5, 5.41) is 12.1. The normalized spacial score (nSPS) is 18.7. The smallest absolute Gasteiger partial charge is 0.332 e. The molecule has 2 fully saturated rings. The summed E-state index contributed by atoms with van der Waals surface area (Å²) in [5.41, 5.74) is -0.183. The van der Waals surface area contributed by atoms with Crippen LogP contribution in [0.3, 0.4) is 0 Å². The Bertz CT molecular complexity index is 1730. The molecule has 222 valence electrons. The van der Waals surface area contributed by atoms with E-state index in [4.69, 9.17) is 14.2 Å². The number of benzene rings is 1. The Kier molecular flexibility index (Phi) is 7.92. The zero-order valence-corrected chi connectivity index (χ0v) is 24.1. The van der Waals surface area contributed by atoms with Gasteiger partial charge in [0.25, 0.3) is 5.56 Å². The molecule has 1 N–H and O–H groups in total. The number of thiophene rings is 1. The highest BCUT2D eigenvalue weighted by Crippen LogP contribution is 2.35. The van der Waals surface area contributed by atoms with Crippen LogP contribution in [0.15, 0.2) is 40.2 Å². The topological polar surface area (TPSA) is 132 Å². The number of hydrogen-bond acceptors (Lipinski definition) is 9. The molecule has 0 radical (unpaired) electrons. The van der Waals surface area contributed by atoms with E-state index in [0.717, 1.165) is 4.57 Å². The molecule has 2 aliphatic rings. The first-order valence-electron chi connectivity index (χ1n) is 13.9. The van der Waals surface area contributed by atoms with E-state index < -0.39 is 29.2 Å². The Hall–Kier alpha value is -3.88. The maximum absolute atomic E-state index is 14.6. The second-order valence-corrected chi connectivity index (χ2v) is 11.3. The standard InChI is InChI=1S/C28H31FN6O6S/c1-16-23-25(37)34(20-4-3-9-30-24(20)36)28(38)33(27(23)42-26(16)35-31-10-11-32-35)15-22(41-18-7-12-40-13-8-18)19-14-17(29)5-6-21(19)39-2/h5-6,10-11,14,18,20,22H,3-4,7-9,12-13,15H2,1-2H3,(H,30,36)/t20-,22+/m1/s1. The fraction of sp³-hybridized carbons (Fsp3) is 0.464. The van der Waals surface area contributed by atoms with Gasteiger partial charge in [-0.05, 0) is 50.8 Å². The number of carbonyl (C=O) groups excluding carboxylic acids is 1. The minimum atomic E-state index is -0.960. The van der Waals surface area contributed by atoms with E-state index in [0.29, 0.717) is 77.5 Å². The van der Waals surface area contributed by atoms with E-state index in [1.807, 2.05) is 0 Å². The molecule has 5 heterocycles. The van der Waals surface area contributed by atoms with E-state index in [9.17, 15) is 18.8 Å². The summed E-state index contributed by atoms with van der Waals surface area (Å²) >= 11 is 1.20. The van der Waals surface area contributed by atoms with Crippen molar-refractivity contribution in [2.24, 2.45) is 0 Å². The lowest BCUT2D eigenvalue weighted by Crippen LogP contribution is -2.49. The molecule has 6 rings (SSSR count). The summed E-state index contributed by atoms with van der Waals surface area (Å²) < 4.78 is 34.7. The Morgan fingerprint density at radius 2 is 1.93 bits per heavy atom. The number of aryl methyl sites for hydroxylation is 1. The molecule has 14 heteroatoms. The summed E-state index contributed by atoms with van der Waals surface area (Å²) in [4.78, 5) is 43.0. The molecule has 2 atom stereocenters. The number of halogens is 1. The number of aromatic nitrogens is 5. The van der Waals surface area contributed by atoms with Gasteiger partial charge < -0.3 is 19.5 Å². The van der Waals surface area contributed by atoms with Crippen LogP contribution in [-0.4, -0.2) is 63.0 Å². The number of amides is 1. The Balaban J connectivity index is 1.57. The quantitative estimate of drug-likeness (QED) is 0.328. The van der Waals surface area contributed by atoms with Crippen LogP contribution in [0.4, 0.5) is 4.39 Å². The van der Waals surface area contributed by atoms with Gasteiger partial charge in [0.2, 0.25) is 5.91 Å². The first kappa shape index (κ1) is 28.2.